The van der Waals surface area contributed by atoms with E-state index in [9.17, 15) is 4.79 Å². The van der Waals surface area contributed by atoms with Crippen molar-refractivity contribution < 1.29 is 9.53 Å². The van der Waals surface area contributed by atoms with Gasteiger partial charge in [-0.2, -0.15) is 5.10 Å². The van der Waals surface area contributed by atoms with Crippen LogP contribution in [0.1, 0.15) is 37.9 Å². The topological polar surface area (TPSA) is 97.2 Å². The van der Waals surface area contributed by atoms with Gasteiger partial charge in [-0.3, -0.25) is 10.2 Å². The lowest BCUT2D eigenvalue weighted by atomic mass is 9.92. The molecule has 0 saturated carbocycles. The molecule has 0 bridgehead atoms. The first-order chi connectivity index (χ1) is 20.7. The zero-order valence-corrected chi connectivity index (χ0v) is 25.1. The third-order valence-electron chi connectivity index (χ3n) is 7.64. The van der Waals surface area contributed by atoms with Crippen molar-refractivity contribution >= 4 is 28.3 Å². The van der Waals surface area contributed by atoms with Gasteiger partial charge < -0.3 is 10.1 Å². The number of hydrogen-bond donors (Lipinski definition) is 2. The highest BCUT2D eigenvalue weighted by Crippen LogP contribution is 2.35. The minimum atomic E-state index is -0.366. The highest BCUT2D eigenvalue weighted by Gasteiger charge is 2.22. The third kappa shape index (κ3) is 6.43. The molecule has 3 aromatic carbocycles. The van der Waals surface area contributed by atoms with Crippen LogP contribution in [-0.4, -0.2) is 57.0 Å². The van der Waals surface area contributed by atoms with Crippen LogP contribution in [0.25, 0.3) is 27.6 Å². The fourth-order valence-corrected chi connectivity index (χ4v) is 5.20. The predicted octanol–water partition coefficient (Wildman–Crippen LogP) is 6.56. The molecule has 6 rings (SSSR count). The number of ether oxygens (including phenoxy) is 1. The van der Waals surface area contributed by atoms with Gasteiger partial charge in [0.1, 0.15) is 11.6 Å². The maximum atomic E-state index is 13.6. The van der Waals surface area contributed by atoms with Gasteiger partial charge in [0.25, 0.3) is 0 Å². The second-order valence-corrected chi connectivity index (χ2v) is 12.0. The molecule has 220 valence electrons. The molecule has 1 fully saturated rings. The Bertz CT molecular complexity index is 1730. The molecule has 3 heterocycles. The Morgan fingerprint density at radius 1 is 0.930 bits per heavy atom. The summed E-state index contributed by atoms with van der Waals surface area (Å²) in [7, 11) is 0. The minimum absolute atomic E-state index is 0.192. The van der Waals surface area contributed by atoms with Gasteiger partial charge in [0.05, 0.1) is 36.8 Å². The van der Waals surface area contributed by atoms with E-state index in [0.29, 0.717) is 18.1 Å². The van der Waals surface area contributed by atoms with E-state index in [1.54, 1.807) is 4.68 Å². The van der Waals surface area contributed by atoms with E-state index in [4.69, 9.17) is 9.84 Å². The molecule has 1 aliphatic heterocycles. The van der Waals surface area contributed by atoms with Crippen molar-refractivity contribution in [1.82, 2.24) is 24.6 Å². The highest BCUT2D eigenvalue weighted by atomic mass is 16.5. The van der Waals surface area contributed by atoms with E-state index in [1.807, 2.05) is 73.9 Å². The number of fused-ring (bicyclic) bond motifs is 1. The molecule has 43 heavy (non-hydrogen) atoms. The Labute approximate surface area is 251 Å². The van der Waals surface area contributed by atoms with Gasteiger partial charge in [-0.15, -0.1) is 0 Å². The van der Waals surface area contributed by atoms with E-state index < -0.39 is 0 Å². The molecule has 9 heteroatoms. The number of carbonyl (C=O) groups excluding carboxylic acids is 1. The molecular weight excluding hydrogens is 538 g/mol. The van der Waals surface area contributed by atoms with Gasteiger partial charge in [0.15, 0.2) is 0 Å². The van der Waals surface area contributed by atoms with Crippen LogP contribution in [-0.2, 0) is 16.7 Å². The Morgan fingerprint density at radius 2 is 1.65 bits per heavy atom. The maximum Gasteiger partial charge on any atom is 0.324 e. The number of rotatable bonds is 6. The van der Waals surface area contributed by atoms with Gasteiger partial charge in [-0.05, 0) is 35.9 Å². The van der Waals surface area contributed by atoms with Crippen LogP contribution < -0.4 is 10.6 Å². The molecule has 0 aliphatic carbocycles. The Hall–Kier alpha value is -4.60. The third-order valence-corrected chi connectivity index (χ3v) is 7.64. The number of urea groups is 1. The fourth-order valence-electron chi connectivity index (χ4n) is 5.20. The molecule has 5 aromatic rings. The molecule has 0 atom stereocenters. The van der Waals surface area contributed by atoms with Gasteiger partial charge in [-0.1, -0.05) is 68.8 Å². The van der Waals surface area contributed by atoms with E-state index >= 15 is 0 Å². The Balaban J connectivity index is 1.30. The number of aromatic nitrogens is 4. The number of amides is 2. The van der Waals surface area contributed by atoms with Crippen molar-refractivity contribution in [2.75, 3.05) is 36.9 Å². The maximum absolute atomic E-state index is 13.6. The first-order valence-electron chi connectivity index (χ1n) is 14.6. The quantitative estimate of drug-likeness (QED) is 0.238. The average Bonchev–Trinajstić information content (AvgIpc) is 3.43. The summed E-state index contributed by atoms with van der Waals surface area (Å²) in [4.78, 5) is 25.2. The SMILES string of the molecule is Cc1ccc(-n2nc(C(C)(C)C)cc2NC(=O)Nc2ccc3ccccc3c2-c2cnc(CN3CCOCC3)nc2)cc1. The molecule has 1 aliphatic rings. The van der Waals surface area contributed by atoms with Gasteiger partial charge >= 0.3 is 6.03 Å². The summed E-state index contributed by atoms with van der Waals surface area (Å²) in [6.07, 6.45) is 3.69. The molecule has 2 N–H and O–H groups in total. The van der Waals surface area contributed by atoms with E-state index in [0.717, 1.165) is 71.0 Å². The lowest BCUT2D eigenvalue weighted by Crippen LogP contribution is -2.36. The van der Waals surface area contributed by atoms with E-state index in [2.05, 4.69) is 58.4 Å². The zero-order chi connectivity index (χ0) is 30.0. The molecule has 1 saturated heterocycles. The first-order valence-corrected chi connectivity index (χ1v) is 14.6. The van der Waals surface area contributed by atoms with Gasteiger partial charge in [0, 0.05) is 48.1 Å². The van der Waals surface area contributed by atoms with Crippen LogP contribution in [0.2, 0.25) is 0 Å². The van der Waals surface area contributed by atoms with Gasteiger partial charge in [-0.25, -0.2) is 19.4 Å². The van der Waals surface area contributed by atoms with Crippen molar-refractivity contribution in [2.24, 2.45) is 0 Å². The first kappa shape index (κ1) is 28.5. The summed E-state index contributed by atoms with van der Waals surface area (Å²) >= 11 is 0. The summed E-state index contributed by atoms with van der Waals surface area (Å²) in [5.74, 6) is 1.35. The van der Waals surface area contributed by atoms with Crippen molar-refractivity contribution in [2.45, 2.75) is 39.7 Å². The second kappa shape index (κ2) is 11.9. The number of carbonyl (C=O) groups is 1. The van der Waals surface area contributed by atoms with Crippen molar-refractivity contribution in [3.05, 3.63) is 96.2 Å². The average molecular weight is 576 g/mol. The fraction of sp³-hybridized carbons (Fsp3) is 0.294. The highest BCUT2D eigenvalue weighted by molar-refractivity contribution is 6.08. The van der Waals surface area contributed by atoms with Crippen molar-refractivity contribution in [3.8, 4) is 16.8 Å². The van der Waals surface area contributed by atoms with Crippen molar-refractivity contribution in [3.63, 3.8) is 0 Å². The normalized spacial score (nSPS) is 14.1. The standard InChI is InChI=1S/C34H37N7O2/c1-23-9-12-26(13-10-23)41-31(19-29(39-41)34(2,3)4)38-33(42)37-28-14-11-24-7-5-6-8-27(24)32(28)25-20-35-30(36-21-25)22-40-15-17-43-18-16-40/h5-14,19-21H,15-18,22H2,1-4H3,(H2,37,38,42). The molecule has 0 radical (unpaired) electrons. The number of nitrogens with zero attached hydrogens (tertiary/aromatic N) is 5. The Kier molecular flexibility index (Phi) is 7.92. The smallest absolute Gasteiger partial charge is 0.324 e. The van der Waals surface area contributed by atoms with Crippen LogP contribution in [0, 0.1) is 6.92 Å². The monoisotopic (exact) mass is 575 g/mol. The van der Waals surface area contributed by atoms with Crippen LogP contribution in [0.3, 0.4) is 0 Å². The largest absolute Gasteiger partial charge is 0.379 e. The Morgan fingerprint density at radius 3 is 2.37 bits per heavy atom. The number of hydrogen-bond acceptors (Lipinski definition) is 6. The molecular formula is C34H37N7O2. The summed E-state index contributed by atoms with van der Waals surface area (Å²) < 4.78 is 7.24. The summed E-state index contributed by atoms with van der Waals surface area (Å²) in [5, 5.41) is 13.1. The zero-order valence-electron chi connectivity index (χ0n) is 25.1. The number of anilines is 2. The van der Waals surface area contributed by atoms with Crippen LogP contribution in [0.4, 0.5) is 16.3 Å². The van der Waals surface area contributed by atoms with Crippen LogP contribution >= 0.6 is 0 Å². The number of benzene rings is 3. The molecule has 9 nitrogen and oxygen atoms in total. The number of nitrogens with one attached hydrogen (secondary N) is 2. The van der Waals surface area contributed by atoms with Crippen LogP contribution in [0.5, 0.6) is 0 Å². The lowest BCUT2D eigenvalue weighted by Gasteiger charge is -2.25. The van der Waals surface area contributed by atoms with Crippen molar-refractivity contribution in [1.29, 1.82) is 0 Å². The summed E-state index contributed by atoms with van der Waals surface area (Å²) in [6.45, 7) is 12.2. The molecule has 2 amide bonds. The van der Waals surface area contributed by atoms with E-state index in [-0.39, 0.29) is 11.4 Å². The summed E-state index contributed by atoms with van der Waals surface area (Å²) in [5.41, 5.74) is 5.08. The molecule has 0 unspecified atom stereocenters. The van der Waals surface area contributed by atoms with Crippen LogP contribution in [0.15, 0.2) is 79.1 Å². The summed E-state index contributed by atoms with van der Waals surface area (Å²) in [6, 6.07) is 21.7. The molecule has 0 spiro atoms. The lowest BCUT2D eigenvalue weighted by molar-refractivity contribution is 0.0330. The number of aryl methyl sites for hydroxylation is 1. The predicted molar refractivity (Wildman–Crippen MR) is 171 cm³/mol. The minimum Gasteiger partial charge on any atom is -0.379 e. The molecule has 2 aromatic heterocycles. The van der Waals surface area contributed by atoms with Gasteiger partial charge in [0.2, 0.25) is 0 Å². The number of morpholine rings is 1. The second-order valence-electron chi connectivity index (χ2n) is 12.0. The van der Waals surface area contributed by atoms with E-state index in [1.165, 1.54) is 0 Å².